The standard InChI is InChI=1S/C39H44F2N6O6/c1-38(2,3)53-37(48)47-24-9-10-30(47)31-19-50-35-33-29(15-28(42-35)26-14-25(52-21-49-4)13-22-7-5-8-27(41)32(22)26)43-36(44-34(33)46(31)18-24)51-20-39-11-6-12-45(39)17-23(40)16-39/h5,7-8,13-15,23-24,30-31H,6,9-12,16-21H2,1-4H3/t23-,24-,30+,31+,39-/m0/s1. The molecule has 0 N–H and O–H groups in total. The number of nitrogens with zero attached hydrogens (tertiary/aromatic N) is 6. The maximum absolute atomic E-state index is 15.6. The number of anilines is 1. The summed E-state index contributed by atoms with van der Waals surface area (Å²) < 4.78 is 60.2. The fourth-order valence-corrected chi connectivity index (χ4v) is 9.26. The van der Waals surface area contributed by atoms with Crippen molar-refractivity contribution in [1.29, 1.82) is 0 Å². The Balaban J connectivity index is 1.17. The number of benzene rings is 2. The van der Waals surface area contributed by atoms with E-state index in [1.165, 1.54) is 13.2 Å². The molecule has 1 amide bonds. The second kappa shape index (κ2) is 12.8. The second-order valence-electron chi connectivity index (χ2n) is 16.0. The number of rotatable bonds is 7. The summed E-state index contributed by atoms with van der Waals surface area (Å²) >= 11 is 0. The van der Waals surface area contributed by atoms with Crippen molar-refractivity contribution in [2.45, 2.75) is 88.3 Å². The molecule has 0 unspecified atom stereocenters. The van der Waals surface area contributed by atoms with Gasteiger partial charge in [0.05, 0.1) is 34.9 Å². The molecule has 12 nitrogen and oxygen atoms in total. The number of piperazine rings is 1. The van der Waals surface area contributed by atoms with Crippen LogP contribution in [0.4, 0.5) is 19.4 Å². The number of amides is 1. The van der Waals surface area contributed by atoms with E-state index in [4.69, 9.17) is 38.6 Å². The van der Waals surface area contributed by atoms with Gasteiger partial charge in [0.25, 0.3) is 0 Å². The smallest absolute Gasteiger partial charge is 0.410 e. The molecule has 2 bridgehead atoms. The Bertz CT molecular complexity index is 2100. The number of hydrogen-bond donors (Lipinski definition) is 0. The van der Waals surface area contributed by atoms with Gasteiger partial charge in [0.1, 0.15) is 47.8 Å². The van der Waals surface area contributed by atoms with E-state index in [2.05, 4.69) is 9.80 Å². The molecule has 280 valence electrons. The Morgan fingerprint density at radius 3 is 2.75 bits per heavy atom. The lowest BCUT2D eigenvalue weighted by Gasteiger charge is -2.46. The van der Waals surface area contributed by atoms with Crippen LogP contribution in [-0.4, -0.2) is 113 Å². The molecular weight excluding hydrogens is 686 g/mol. The van der Waals surface area contributed by atoms with E-state index in [1.807, 2.05) is 31.7 Å². The number of alkyl halides is 1. The highest BCUT2D eigenvalue weighted by Crippen LogP contribution is 2.46. The van der Waals surface area contributed by atoms with Crippen molar-refractivity contribution in [3.05, 3.63) is 42.2 Å². The summed E-state index contributed by atoms with van der Waals surface area (Å²) in [6.07, 6.45) is 2.61. The Hall–Kier alpha value is -4.56. The topological polar surface area (TPSA) is 112 Å². The molecule has 4 saturated heterocycles. The minimum atomic E-state index is -0.897. The van der Waals surface area contributed by atoms with Crippen LogP contribution < -0.4 is 19.1 Å². The first kappa shape index (κ1) is 34.2. The summed E-state index contributed by atoms with van der Waals surface area (Å²) in [5, 5.41) is 1.62. The first-order valence-electron chi connectivity index (χ1n) is 18.5. The maximum Gasteiger partial charge on any atom is 0.410 e. The van der Waals surface area contributed by atoms with Crippen molar-refractivity contribution in [2.75, 3.05) is 51.7 Å². The molecule has 9 rings (SSSR count). The van der Waals surface area contributed by atoms with Gasteiger partial charge in [-0.25, -0.2) is 18.6 Å². The Morgan fingerprint density at radius 1 is 1.06 bits per heavy atom. The number of aromatic nitrogens is 3. The van der Waals surface area contributed by atoms with E-state index >= 15 is 4.39 Å². The lowest BCUT2D eigenvalue weighted by atomic mass is 9.95. The fraction of sp³-hybridized carbons (Fsp3) is 0.538. The van der Waals surface area contributed by atoms with Crippen molar-refractivity contribution in [3.63, 3.8) is 0 Å². The monoisotopic (exact) mass is 730 g/mol. The zero-order valence-electron chi connectivity index (χ0n) is 30.4. The minimum Gasteiger partial charge on any atom is -0.475 e. The average molecular weight is 731 g/mol. The summed E-state index contributed by atoms with van der Waals surface area (Å²) in [6, 6.07) is 9.82. The molecule has 0 saturated carbocycles. The number of ether oxygens (including phenoxy) is 5. The van der Waals surface area contributed by atoms with Crippen LogP contribution in [0.1, 0.15) is 52.9 Å². The van der Waals surface area contributed by atoms with E-state index in [0.717, 1.165) is 32.2 Å². The summed E-state index contributed by atoms with van der Waals surface area (Å²) in [5.41, 5.74) is 0.392. The molecule has 2 aromatic heterocycles. The van der Waals surface area contributed by atoms with Gasteiger partial charge in [0.15, 0.2) is 6.79 Å². The van der Waals surface area contributed by atoms with Gasteiger partial charge >= 0.3 is 12.1 Å². The first-order valence-corrected chi connectivity index (χ1v) is 18.5. The van der Waals surface area contributed by atoms with Crippen LogP contribution in [-0.2, 0) is 9.47 Å². The summed E-state index contributed by atoms with van der Waals surface area (Å²) in [7, 11) is 1.53. The van der Waals surface area contributed by atoms with Crippen molar-refractivity contribution < 1.29 is 37.3 Å². The summed E-state index contributed by atoms with van der Waals surface area (Å²) in [5.74, 6) is 0.985. The highest BCUT2D eigenvalue weighted by molar-refractivity contribution is 6.01. The van der Waals surface area contributed by atoms with Gasteiger partial charge in [-0.2, -0.15) is 9.97 Å². The number of halogens is 2. The van der Waals surface area contributed by atoms with Crippen LogP contribution >= 0.6 is 0 Å². The number of hydrogen-bond acceptors (Lipinski definition) is 11. The van der Waals surface area contributed by atoms with Crippen LogP contribution in [0.25, 0.3) is 32.9 Å². The molecular formula is C39H44F2N6O6. The second-order valence-corrected chi connectivity index (χ2v) is 16.0. The van der Waals surface area contributed by atoms with Crippen LogP contribution in [0.5, 0.6) is 17.6 Å². The lowest BCUT2D eigenvalue weighted by Crippen LogP contribution is -2.63. The van der Waals surface area contributed by atoms with Gasteiger partial charge in [0.2, 0.25) is 5.88 Å². The Labute approximate surface area is 306 Å². The van der Waals surface area contributed by atoms with Crippen LogP contribution in [0.15, 0.2) is 36.4 Å². The third kappa shape index (κ3) is 5.94. The predicted octanol–water partition coefficient (Wildman–Crippen LogP) is 6.27. The molecule has 14 heteroatoms. The number of fused-ring (bicyclic) bond motifs is 7. The molecule has 4 fully saturated rings. The number of carbonyl (C=O) groups is 1. The zero-order chi connectivity index (χ0) is 36.6. The van der Waals surface area contributed by atoms with Gasteiger partial charge < -0.3 is 28.6 Å². The largest absolute Gasteiger partial charge is 0.475 e. The molecule has 0 radical (unpaired) electrons. The molecule has 4 aromatic rings. The highest BCUT2D eigenvalue weighted by atomic mass is 19.1. The summed E-state index contributed by atoms with van der Waals surface area (Å²) in [4.78, 5) is 34.8. The van der Waals surface area contributed by atoms with Crippen molar-refractivity contribution in [2.24, 2.45) is 0 Å². The minimum absolute atomic E-state index is 0.0127. The molecule has 5 aliphatic heterocycles. The van der Waals surface area contributed by atoms with Gasteiger partial charge in [0, 0.05) is 37.6 Å². The van der Waals surface area contributed by atoms with E-state index in [1.54, 1.807) is 24.3 Å². The lowest BCUT2D eigenvalue weighted by molar-refractivity contribution is 0.00537. The van der Waals surface area contributed by atoms with Gasteiger partial charge in [-0.3, -0.25) is 9.80 Å². The molecule has 5 aliphatic rings. The molecule has 0 spiro atoms. The van der Waals surface area contributed by atoms with Crippen LogP contribution in [0, 0.1) is 5.82 Å². The Morgan fingerprint density at radius 2 is 1.92 bits per heavy atom. The predicted molar refractivity (Wildman–Crippen MR) is 193 cm³/mol. The average Bonchev–Trinajstić information content (AvgIpc) is 3.72. The number of pyridine rings is 1. The van der Waals surface area contributed by atoms with Crippen LogP contribution in [0.2, 0.25) is 0 Å². The first-order chi connectivity index (χ1) is 25.5. The quantitative estimate of drug-likeness (QED) is 0.201. The van der Waals surface area contributed by atoms with Gasteiger partial charge in [-0.1, -0.05) is 12.1 Å². The van der Waals surface area contributed by atoms with E-state index < -0.39 is 23.1 Å². The van der Waals surface area contributed by atoms with Gasteiger partial charge in [-0.15, -0.1) is 0 Å². The van der Waals surface area contributed by atoms with Crippen LogP contribution in [0.3, 0.4) is 0 Å². The van der Waals surface area contributed by atoms with E-state index in [9.17, 15) is 9.18 Å². The van der Waals surface area contributed by atoms with Gasteiger partial charge in [-0.05, 0) is 82.7 Å². The highest BCUT2D eigenvalue weighted by Gasteiger charge is 2.52. The molecule has 0 aliphatic carbocycles. The number of carbonyl (C=O) groups excluding carboxylic acids is 1. The van der Waals surface area contributed by atoms with Crippen molar-refractivity contribution >= 4 is 33.6 Å². The molecule has 53 heavy (non-hydrogen) atoms. The van der Waals surface area contributed by atoms with Crippen molar-refractivity contribution in [1.82, 2.24) is 24.8 Å². The fourth-order valence-electron chi connectivity index (χ4n) is 9.26. The maximum atomic E-state index is 15.6. The number of methoxy groups -OCH3 is 1. The molecule has 2 aromatic carbocycles. The third-order valence-electron chi connectivity index (χ3n) is 11.4. The Kier molecular flexibility index (Phi) is 8.26. The van der Waals surface area contributed by atoms with E-state index in [-0.39, 0.29) is 50.2 Å². The SMILES string of the molecule is COCOc1cc(-c2cc3nc(OC[C@@]45CCCN4C[C@@H](F)C5)nc4c3c(n2)OC[C@@H]2[C@H]3CC[C@@H](CN42)N3C(=O)OC(C)(C)C)c2c(F)cccc2c1. The molecule has 5 atom stereocenters. The van der Waals surface area contributed by atoms with Crippen molar-refractivity contribution in [3.8, 4) is 28.9 Å². The molecule has 7 heterocycles. The normalized spacial score (nSPS) is 26.4. The summed E-state index contributed by atoms with van der Waals surface area (Å²) in [6.45, 7) is 7.86. The van der Waals surface area contributed by atoms with E-state index in [0.29, 0.717) is 69.9 Å². The zero-order valence-corrected chi connectivity index (χ0v) is 30.4. The third-order valence-corrected chi connectivity index (χ3v) is 11.4.